The number of thioether (sulfide) groups is 1. The molecule has 1 aromatic carbocycles. The number of nitrogens with zero attached hydrogens (tertiary/aromatic N) is 6. The molecule has 4 rings (SSSR count). The van der Waals surface area contributed by atoms with Crippen LogP contribution in [0.25, 0.3) is 16.5 Å². The van der Waals surface area contributed by atoms with Crippen LogP contribution in [0, 0.1) is 0 Å². The SMILES string of the molecule is CC(C)c1ccc(-n2nnnc2SC(C)c2nnc(-c3cccs3)o2)cc1. The molecular formula is C18H18N6OS2. The van der Waals surface area contributed by atoms with E-state index in [1.807, 2.05) is 36.6 Å². The van der Waals surface area contributed by atoms with Crippen molar-refractivity contribution in [1.82, 2.24) is 30.4 Å². The third-order valence-corrected chi connectivity index (χ3v) is 5.93. The molecule has 1 atom stereocenters. The van der Waals surface area contributed by atoms with Gasteiger partial charge in [0.25, 0.3) is 5.89 Å². The predicted octanol–water partition coefficient (Wildman–Crippen LogP) is 4.75. The Morgan fingerprint density at radius 3 is 2.56 bits per heavy atom. The second-order valence-electron chi connectivity index (χ2n) is 6.30. The minimum Gasteiger partial charge on any atom is -0.419 e. The Balaban J connectivity index is 1.53. The van der Waals surface area contributed by atoms with Crippen molar-refractivity contribution >= 4 is 23.1 Å². The Morgan fingerprint density at radius 2 is 1.85 bits per heavy atom. The van der Waals surface area contributed by atoms with Crippen molar-refractivity contribution < 1.29 is 4.42 Å². The summed E-state index contributed by atoms with van der Waals surface area (Å²) in [4.78, 5) is 0.959. The molecule has 0 N–H and O–H groups in total. The van der Waals surface area contributed by atoms with Gasteiger partial charge in [0.05, 0.1) is 15.8 Å². The van der Waals surface area contributed by atoms with Gasteiger partial charge in [0.1, 0.15) is 0 Å². The number of rotatable bonds is 6. The molecule has 9 heteroatoms. The average molecular weight is 399 g/mol. The fraction of sp³-hybridized carbons (Fsp3) is 0.278. The van der Waals surface area contributed by atoms with Gasteiger partial charge in [-0.25, -0.2) is 0 Å². The molecule has 4 aromatic rings. The van der Waals surface area contributed by atoms with E-state index in [0.29, 0.717) is 22.9 Å². The first-order chi connectivity index (χ1) is 13.1. The highest BCUT2D eigenvalue weighted by molar-refractivity contribution is 7.99. The van der Waals surface area contributed by atoms with Gasteiger partial charge in [0.15, 0.2) is 0 Å². The molecule has 3 heterocycles. The molecule has 3 aromatic heterocycles. The zero-order valence-corrected chi connectivity index (χ0v) is 16.7. The van der Waals surface area contributed by atoms with Gasteiger partial charge in [0, 0.05) is 0 Å². The van der Waals surface area contributed by atoms with E-state index in [2.05, 4.69) is 51.7 Å². The predicted molar refractivity (Wildman–Crippen MR) is 105 cm³/mol. The summed E-state index contributed by atoms with van der Waals surface area (Å²) in [6.45, 7) is 6.34. The first-order valence-corrected chi connectivity index (χ1v) is 10.3. The maximum absolute atomic E-state index is 5.82. The average Bonchev–Trinajstić information content (AvgIpc) is 3.42. The molecule has 0 radical (unpaired) electrons. The molecule has 0 aliphatic heterocycles. The van der Waals surface area contributed by atoms with Gasteiger partial charge >= 0.3 is 0 Å². The standard InChI is InChI=1S/C18H18N6OS2/c1-11(2)13-6-8-14(9-7-13)24-18(21-22-23-24)27-12(3)16-19-20-17(25-16)15-5-4-10-26-15/h4-12H,1-3H3. The number of hydrogen-bond donors (Lipinski definition) is 0. The Hall–Kier alpha value is -2.52. The van der Waals surface area contributed by atoms with E-state index in [0.717, 1.165) is 10.6 Å². The zero-order chi connectivity index (χ0) is 18.8. The Kier molecular flexibility index (Phi) is 5.04. The summed E-state index contributed by atoms with van der Waals surface area (Å²) in [5.41, 5.74) is 2.20. The number of benzene rings is 1. The van der Waals surface area contributed by atoms with Crippen LogP contribution in [0.2, 0.25) is 0 Å². The molecule has 138 valence electrons. The van der Waals surface area contributed by atoms with Gasteiger partial charge in [-0.05, 0) is 52.4 Å². The van der Waals surface area contributed by atoms with Crippen LogP contribution in [0.4, 0.5) is 0 Å². The maximum atomic E-state index is 5.82. The van der Waals surface area contributed by atoms with Crippen LogP contribution in [0.15, 0.2) is 51.4 Å². The second-order valence-corrected chi connectivity index (χ2v) is 8.56. The minimum absolute atomic E-state index is 0.0779. The number of tetrazole rings is 1. The summed E-state index contributed by atoms with van der Waals surface area (Å²) in [6.07, 6.45) is 0. The number of aromatic nitrogens is 6. The first kappa shape index (κ1) is 17.9. The molecule has 0 bridgehead atoms. The highest BCUT2D eigenvalue weighted by Gasteiger charge is 2.20. The lowest BCUT2D eigenvalue weighted by Crippen LogP contribution is -2.01. The van der Waals surface area contributed by atoms with E-state index >= 15 is 0 Å². The van der Waals surface area contributed by atoms with Gasteiger partial charge in [0.2, 0.25) is 11.0 Å². The molecule has 0 saturated heterocycles. The lowest BCUT2D eigenvalue weighted by molar-refractivity contribution is 0.510. The normalized spacial score (nSPS) is 12.6. The second kappa shape index (κ2) is 7.61. The van der Waals surface area contributed by atoms with Crippen LogP contribution >= 0.6 is 23.1 Å². The fourth-order valence-electron chi connectivity index (χ4n) is 2.52. The third-order valence-electron chi connectivity index (χ3n) is 4.05. The van der Waals surface area contributed by atoms with Crippen LogP contribution < -0.4 is 0 Å². The van der Waals surface area contributed by atoms with E-state index in [-0.39, 0.29) is 5.25 Å². The van der Waals surface area contributed by atoms with Crippen LogP contribution in [-0.4, -0.2) is 30.4 Å². The molecule has 7 nitrogen and oxygen atoms in total. The summed E-state index contributed by atoms with van der Waals surface area (Å²) >= 11 is 3.05. The first-order valence-electron chi connectivity index (χ1n) is 8.54. The van der Waals surface area contributed by atoms with E-state index in [9.17, 15) is 0 Å². The summed E-state index contributed by atoms with van der Waals surface area (Å²) < 4.78 is 7.54. The molecule has 0 aliphatic carbocycles. The van der Waals surface area contributed by atoms with Gasteiger partial charge in [-0.3, -0.25) is 0 Å². The lowest BCUT2D eigenvalue weighted by atomic mass is 10.0. The Labute approximate surface area is 164 Å². The largest absolute Gasteiger partial charge is 0.419 e. The van der Waals surface area contributed by atoms with E-state index in [1.165, 1.54) is 17.3 Å². The van der Waals surface area contributed by atoms with Crippen molar-refractivity contribution in [3.05, 3.63) is 53.2 Å². The molecule has 0 saturated carbocycles. The fourth-order valence-corrected chi connectivity index (χ4v) is 4.00. The smallest absolute Gasteiger partial charge is 0.257 e. The van der Waals surface area contributed by atoms with Crippen LogP contribution in [-0.2, 0) is 0 Å². The van der Waals surface area contributed by atoms with Crippen molar-refractivity contribution in [3.63, 3.8) is 0 Å². The van der Waals surface area contributed by atoms with E-state index < -0.39 is 0 Å². The van der Waals surface area contributed by atoms with Crippen molar-refractivity contribution in [3.8, 4) is 16.5 Å². The minimum atomic E-state index is -0.0779. The van der Waals surface area contributed by atoms with E-state index in [1.54, 1.807) is 16.0 Å². The summed E-state index contributed by atoms with van der Waals surface area (Å²) in [5, 5.41) is 23.0. The molecule has 27 heavy (non-hydrogen) atoms. The summed E-state index contributed by atoms with van der Waals surface area (Å²) in [6, 6.07) is 12.2. The molecule has 0 amide bonds. The van der Waals surface area contributed by atoms with Crippen LogP contribution in [0.1, 0.15) is 43.4 Å². The Morgan fingerprint density at radius 1 is 1.04 bits per heavy atom. The Bertz CT molecular complexity index is 1010. The maximum Gasteiger partial charge on any atom is 0.257 e. The van der Waals surface area contributed by atoms with Gasteiger partial charge in [-0.15, -0.1) is 26.6 Å². The molecule has 0 fully saturated rings. The van der Waals surface area contributed by atoms with Crippen LogP contribution in [0.3, 0.4) is 0 Å². The van der Waals surface area contributed by atoms with Crippen molar-refractivity contribution in [2.45, 2.75) is 37.1 Å². The molecule has 1 unspecified atom stereocenters. The van der Waals surface area contributed by atoms with Gasteiger partial charge in [-0.2, -0.15) is 4.68 Å². The monoisotopic (exact) mass is 398 g/mol. The zero-order valence-electron chi connectivity index (χ0n) is 15.1. The van der Waals surface area contributed by atoms with Crippen LogP contribution in [0.5, 0.6) is 0 Å². The molecular weight excluding hydrogens is 380 g/mol. The third kappa shape index (κ3) is 3.79. The molecule has 0 aliphatic rings. The van der Waals surface area contributed by atoms with Crippen molar-refractivity contribution in [2.24, 2.45) is 0 Å². The number of hydrogen-bond acceptors (Lipinski definition) is 8. The highest BCUT2D eigenvalue weighted by atomic mass is 32.2. The topological polar surface area (TPSA) is 82.5 Å². The van der Waals surface area contributed by atoms with Crippen molar-refractivity contribution in [1.29, 1.82) is 0 Å². The summed E-state index contributed by atoms with van der Waals surface area (Å²) in [5.74, 6) is 1.57. The van der Waals surface area contributed by atoms with E-state index in [4.69, 9.17) is 4.42 Å². The van der Waals surface area contributed by atoms with Gasteiger partial charge in [-0.1, -0.05) is 43.8 Å². The molecule has 0 spiro atoms. The summed E-state index contributed by atoms with van der Waals surface area (Å²) in [7, 11) is 0. The van der Waals surface area contributed by atoms with Gasteiger partial charge < -0.3 is 4.42 Å². The van der Waals surface area contributed by atoms with Crippen molar-refractivity contribution in [2.75, 3.05) is 0 Å². The quantitative estimate of drug-likeness (QED) is 0.433. The number of thiophene rings is 1. The lowest BCUT2D eigenvalue weighted by Gasteiger charge is -2.09. The highest BCUT2D eigenvalue weighted by Crippen LogP contribution is 2.35.